The molecule has 0 atom stereocenters. The molecule has 2 aromatic heterocycles. The summed E-state index contributed by atoms with van der Waals surface area (Å²) in [6.07, 6.45) is 2.67. The van der Waals surface area contributed by atoms with E-state index in [0.717, 1.165) is 23.3 Å². The van der Waals surface area contributed by atoms with E-state index in [-0.39, 0.29) is 0 Å². The van der Waals surface area contributed by atoms with Crippen LogP contribution in [0.3, 0.4) is 0 Å². The highest BCUT2D eigenvalue weighted by molar-refractivity contribution is 5.73. The molecule has 2 aromatic rings. The lowest BCUT2D eigenvalue weighted by molar-refractivity contribution is 0.547. The van der Waals surface area contributed by atoms with Crippen LogP contribution in [-0.2, 0) is 6.42 Å². The van der Waals surface area contributed by atoms with Crippen LogP contribution in [0.5, 0.6) is 0 Å². The standard InChI is InChI=1S/C9H9NO/c1-2-8-6-7-4-3-5-10-9(7)11-8/h3-6H,2H2,1H3. The van der Waals surface area contributed by atoms with Gasteiger partial charge < -0.3 is 4.42 Å². The molecular weight excluding hydrogens is 138 g/mol. The van der Waals surface area contributed by atoms with Crippen molar-refractivity contribution >= 4 is 11.1 Å². The molecule has 0 amide bonds. The minimum atomic E-state index is 0.740. The van der Waals surface area contributed by atoms with Crippen molar-refractivity contribution < 1.29 is 4.42 Å². The van der Waals surface area contributed by atoms with Gasteiger partial charge in [0, 0.05) is 18.0 Å². The average molecular weight is 147 g/mol. The van der Waals surface area contributed by atoms with Crippen molar-refractivity contribution in [2.24, 2.45) is 0 Å². The Kier molecular flexibility index (Phi) is 1.39. The van der Waals surface area contributed by atoms with Gasteiger partial charge in [0.1, 0.15) is 5.76 Å². The second-order valence-electron chi connectivity index (χ2n) is 2.46. The van der Waals surface area contributed by atoms with Gasteiger partial charge in [0.25, 0.3) is 0 Å². The summed E-state index contributed by atoms with van der Waals surface area (Å²) in [5.41, 5.74) is 0.740. The second-order valence-corrected chi connectivity index (χ2v) is 2.46. The SMILES string of the molecule is CCc1cc2cccnc2o1. The molecule has 0 radical (unpaired) electrons. The molecular formula is C9H9NO. The summed E-state index contributed by atoms with van der Waals surface area (Å²) < 4.78 is 5.41. The Morgan fingerprint density at radius 1 is 1.55 bits per heavy atom. The third-order valence-electron chi connectivity index (χ3n) is 1.69. The molecule has 2 rings (SSSR count). The fraction of sp³-hybridized carbons (Fsp3) is 0.222. The van der Waals surface area contributed by atoms with Gasteiger partial charge in [-0.15, -0.1) is 0 Å². The molecule has 0 aromatic carbocycles. The van der Waals surface area contributed by atoms with Gasteiger partial charge in [-0.3, -0.25) is 0 Å². The van der Waals surface area contributed by atoms with Gasteiger partial charge >= 0.3 is 0 Å². The Bertz CT molecular complexity index is 331. The highest BCUT2D eigenvalue weighted by Crippen LogP contribution is 2.16. The molecule has 0 N–H and O–H groups in total. The van der Waals surface area contributed by atoms with Crippen LogP contribution in [0.1, 0.15) is 12.7 Å². The molecule has 0 saturated carbocycles. The maximum Gasteiger partial charge on any atom is 0.226 e. The lowest BCUT2D eigenvalue weighted by atomic mass is 10.3. The molecule has 0 spiro atoms. The van der Waals surface area contributed by atoms with Crippen molar-refractivity contribution in [3.63, 3.8) is 0 Å². The molecule has 0 bridgehead atoms. The van der Waals surface area contributed by atoms with Gasteiger partial charge in [0.15, 0.2) is 0 Å². The van der Waals surface area contributed by atoms with E-state index in [1.165, 1.54) is 0 Å². The number of furan rings is 1. The summed E-state index contributed by atoms with van der Waals surface area (Å²) in [5.74, 6) is 0.999. The van der Waals surface area contributed by atoms with E-state index < -0.39 is 0 Å². The van der Waals surface area contributed by atoms with E-state index in [4.69, 9.17) is 4.42 Å². The third kappa shape index (κ3) is 1.00. The molecule has 0 aliphatic carbocycles. The van der Waals surface area contributed by atoms with E-state index in [2.05, 4.69) is 11.9 Å². The Morgan fingerprint density at radius 3 is 3.18 bits per heavy atom. The Morgan fingerprint density at radius 2 is 2.45 bits per heavy atom. The van der Waals surface area contributed by atoms with Crippen molar-refractivity contribution in [2.45, 2.75) is 13.3 Å². The summed E-state index contributed by atoms with van der Waals surface area (Å²) in [6, 6.07) is 5.95. The first kappa shape index (κ1) is 6.40. The summed E-state index contributed by atoms with van der Waals surface area (Å²) in [6.45, 7) is 2.07. The largest absolute Gasteiger partial charge is 0.443 e. The Hall–Kier alpha value is -1.31. The molecule has 56 valence electrons. The lowest BCUT2D eigenvalue weighted by Crippen LogP contribution is -1.68. The monoisotopic (exact) mass is 147 g/mol. The highest BCUT2D eigenvalue weighted by atomic mass is 16.3. The van der Waals surface area contributed by atoms with Crippen molar-refractivity contribution in [3.05, 3.63) is 30.2 Å². The first-order valence-corrected chi connectivity index (χ1v) is 3.73. The van der Waals surface area contributed by atoms with E-state index in [0.29, 0.717) is 0 Å². The maximum atomic E-state index is 5.41. The lowest BCUT2D eigenvalue weighted by Gasteiger charge is -1.82. The second kappa shape index (κ2) is 2.38. The molecule has 11 heavy (non-hydrogen) atoms. The van der Waals surface area contributed by atoms with E-state index in [1.807, 2.05) is 18.2 Å². The van der Waals surface area contributed by atoms with Crippen molar-refractivity contribution in [2.75, 3.05) is 0 Å². The average Bonchev–Trinajstić information content (AvgIpc) is 2.46. The molecule has 0 fully saturated rings. The zero-order valence-electron chi connectivity index (χ0n) is 6.37. The molecule has 0 saturated heterocycles. The smallest absolute Gasteiger partial charge is 0.226 e. The van der Waals surface area contributed by atoms with Crippen LogP contribution < -0.4 is 0 Å². The fourth-order valence-corrected chi connectivity index (χ4v) is 1.10. The Balaban J connectivity index is 2.69. The molecule has 0 aliphatic rings. The topological polar surface area (TPSA) is 26.0 Å². The normalized spacial score (nSPS) is 10.6. The molecule has 2 heteroatoms. The number of rotatable bonds is 1. The predicted octanol–water partition coefficient (Wildman–Crippen LogP) is 2.39. The quantitative estimate of drug-likeness (QED) is 0.619. The van der Waals surface area contributed by atoms with Crippen LogP contribution in [0.15, 0.2) is 28.8 Å². The van der Waals surface area contributed by atoms with E-state index in [1.54, 1.807) is 6.20 Å². The number of pyridine rings is 1. The van der Waals surface area contributed by atoms with Crippen LogP contribution in [0.25, 0.3) is 11.1 Å². The fourth-order valence-electron chi connectivity index (χ4n) is 1.10. The van der Waals surface area contributed by atoms with Gasteiger partial charge in [0.2, 0.25) is 5.71 Å². The summed E-state index contributed by atoms with van der Waals surface area (Å²) >= 11 is 0. The minimum Gasteiger partial charge on any atom is -0.443 e. The summed E-state index contributed by atoms with van der Waals surface area (Å²) in [5, 5.41) is 1.09. The van der Waals surface area contributed by atoms with Crippen molar-refractivity contribution in [1.82, 2.24) is 4.98 Å². The van der Waals surface area contributed by atoms with E-state index >= 15 is 0 Å². The number of hydrogen-bond acceptors (Lipinski definition) is 2. The number of hydrogen-bond donors (Lipinski definition) is 0. The third-order valence-corrected chi connectivity index (χ3v) is 1.69. The number of fused-ring (bicyclic) bond motifs is 1. The Labute approximate surface area is 64.9 Å². The van der Waals surface area contributed by atoms with Gasteiger partial charge in [-0.1, -0.05) is 6.92 Å². The van der Waals surface area contributed by atoms with Crippen molar-refractivity contribution in [1.29, 1.82) is 0 Å². The maximum absolute atomic E-state index is 5.41. The number of aryl methyl sites for hydroxylation is 1. The molecule has 2 nitrogen and oxygen atoms in total. The van der Waals surface area contributed by atoms with Crippen LogP contribution >= 0.6 is 0 Å². The van der Waals surface area contributed by atoms with Crippen molar-refractivity contribution in [3.8, 4) is 0 Å². The zero-order valence-corrected chi connectivity index (χ0v) is 6.37. The van der Waals surface area contributed by atoms with Gasteiger partial charge in [-0.25, -0.2) is 4.98 Å². The molecule has 2 heterocycles. The summed E-state index contributed by atoms with van der Waals surface area (Å²) in [7, 11) is 0. The van der Waals surface area contributed by atoms with Gasteiger partial charge in [0.05, 0.1) is 0 Å². The molecule has 0 unspecified atom stereocenters. The van der Waals surface area contributed by atoms with Gasteiger partial charge in [-0.05, 0) is 18.2 Å². The van der Waals surface area contributed by atoms with E-state index in [9.17, 15) is 0 Å². The number of aromatic nitrogens is 1. The highest BCUT2D eigenvalue weighted by Gasteiger charge is 1.99. The number of nitrogens with zero attached hydrogens (tertiary/aromatic N) is 1. The summed E-state index contributed by atoms with van der Waals surface area (Å²) in [4.78, 5) is 4.08. The predicted molar refractivity (Wildman–Crippen MR) is 43.4 cm³/mol. The van der Waals surface area contributed by atoms with Crippen LogP contribution in [-0.4, -0.2) is 4.98 Å². The zero-order chi connectivity index (χ0) is 7.68. The van der Waals surface area contributed by atoms with Crippen LogP contribution in [0, 0.1) is 0 Å². The molecule has 0 aliphatic heterocycles. The first-order valence-electron chi connectivity index (χ1n) is 3.73. The van der Waals surface area contributed by atoms with Crippen LogP contribution in [0.2, 0.25) is 0 Å². The van der Waals surface area contributed by atoms with Gasteiger partial charge in [-0.2, -0.15) is 0 Å². The van der Waals surface area contributed by atoms with Crippen LogP contribution in [0.4, 0.5) is 0 Å². The first-order chi connectivity index (χ1) is 5.40. The minimum absolute atomic E-state index is 0.740.